The van der Waals surface area contributed by atoms with Crippen LogP contribution in [0.4, 0.5) is 10.5 Å². The molecule has 0 aromatic heterocycles. The molecule has 0 heterocycles. The number of hydrogen-bond acceptors (Lipinski definition) is 4. The number of benzene rings is 1. The number of aliphatic hydroxyl groups excluding tert-OH is 1. The summed E-state index contributed by atoms with van der Waals surface area (Å²) in [4.78, 5) is 23.0. The molecule has 1 rings (SSSR count). The van der Waals surface area contributed by atoms with Crippen LogP contribution in [0.2, 0.25) is 0 Å². The van der Waals surface area contributed by atoms with Crippen LogP contribution < -0.4 is 16.0 Å². The van der Waals surface area contributed by atoms with Gasteiger partial charge < -0.3 is 25.8 Å². The standard InChI is InChI=1S/C14H21N3O4/c1-10(18)11-4-3-5-12(8-11)17-14(20)16-9-13(19)15-6-7-21-2/h3-5,8,10,18H,6-7,9H2,1-2H3,(H,15,19)(H2,16,17,20). The Balaban J connectivity index is 2.36. The number of carbonyl (C=O) groups is 2. The topological polar surface area (TPSA) is 99.7 Å². The van der Waals surface area contributed by atoms with E-state index in [0.717, 1.165) is 0 Å². The Morgan fingerprint density at radius 3 is 2.76 bits per heavy atom. The Kier molecular flexibility index (Phi) is 7.20. The van der Waals surface area contributed by atoms with Gasteiger partial charge >= 0.3 is 6.03 Å². The van der Waals surface area contributed by atoms with Crippen molar-refractivity contribution in [3.05, 3.63) is 29.8 Å². The fraction of sp³-hybridized carbons (Fsp3) is 0.429. The summed E-state index contributed by atoms with van der Waals surface area (Å²) in [5.74, 6) is -0.292. The van der Waals surface area contributed by atoms with E-state index in [-0.39, 0.29) is 12.5 Å². The number of ether oxygens (including phenoxy) is 1. The molecule has 0 spiro atoms. The zero-order valence-electron chi connectivity index (χ0n) is 12.2. The Bertz CT molecular complexity index is 477. The molecular formula is C14H21N3O4. The maximum absolute atomic E-state index is 11.6. The van der Waals surface area contributed by atoms with E-state index in [1.54, 1.807) is 38.3 Å². The molecule has 0 radical (unpaired) electrons. The summed E-state index contributed by atoms with van der Waals surface area (Å²) in [5.41, 5.74) is 1.25. The molecule has 1 unspecified atom stereocenters. The smallest absolute Gasteiger partial charge is 0.319 e. The number of nitrogens with one attached hydrogen (secondary N) is 3. The maximum atomic E-state index is 11.6. The normalized spacial score (nSPS) is 11.6. The molecule has 3 amide bonds. The summed E-state index contributed by atoms with van der Waals surface area (Å²) in [7, 11) is 1.54. The number of urea groups is 1. The average Bonchev–Trinajstić information content (AvgIpc) is 2.45. The van der Waals surface area contributed by atoms with E-state index in [4.69, 9.17) is 4.74 Å². The highest BCUT2D eigenvalue weighted by molar-refractivity contribution is 5.92. The van der Waals surface area contributed by atoms with Crippen LogP contribution in [0.3, 0.4) is 0 Å². The van der Waals surface area contributed by atoms with Gasteiger partial charge in [0.2, 0.25) is 5.91 Å². The zero-order chi connectivity index (χ0) is 15.7. The quantitative estimate of drug-likeness (QED) is 0.554. The zero-order valence-corrected chi connectivity index (χ0v) is 12.2. The summed E-state index contributed by atoms with van der Waals surface area (Å²) in [6, 6.07) is 6.37. The van der Waals surface area contributed by atoms with Crippen LogP contribution >= 0.6 is 0 Å². The van der Waals surface area contributed by atoms with Crippen LogP contribution in [0.15, 0.2) is 24.3 Å². The van der Waals surface area contributed by atoms with Crippen LogP contribution in [-0.4, -0.2) is 43.9 Å². The van der Waals surface area contributed by atoms with E-state index < -0.39 is 12.1 Å². The maximum Gasteiger partial charge on any atom is 0.319 e. The van der Waals surface area contributed by atoms with Crippen LogP contribution in [0.25, 0.3) is 0 Å². The van der Waals surface area contributed by atoms with E-state index in [2.05, 4.69) is 16.0 Å². The van der Waals surface area contributed by atoms with Crippen molar-refractivity contribution in [3.8, 4) is 0 Å². The Morgan fingerprint density at radius 1 is 1.33 bits per heavy atom. The highest BCUT2D eigenvalue weighted by Gasteiger charge is 2.06. The lowest BCUT2D eigenvalue weighted by atomic mass is 10.1. The van der Waals surface area contributed by atoms with Gasteiger partial charge in [0.05, 0.1) is 19.3 Å². The number of hydrogen-bond donors (Lipinski definition) is 4. The average molecular weight is 295 g/mol. The minimum absolute atomic E-state index is 0.119. The van der Waals surface area contributed by atoms with Gasteiger partial charge in [-0.25, -0.2) is 4.79 Å². The molecule has 1 aromatic carbocycles. The molecule has 0 fully saturated rings. The van der Waals surface area contributed by atoms with Gasteiger partial charge in [-0.2, -0.15) is 0 Å². The van der Waals surface area contributed by atoms with Crippen molar-refractivity contribution in [1.82, 2.24) is 10.6 Å². The van der Waals surface area contributed by atoms with Crippen molar-refractivity contribution >= 4 is 17.6 Å². The molecule has 0 bridgehead atoms. The van der Waals surface area contributed by atoms with E-state index in [9.17, 15) is 14.7 Å². The number of carbonyl (C=O) groups excluding carboxylic acids is 2. The number of methoxy groups -OCH3 is 1. The molecule has 0 saturated carbocycles. The summed E-state index contributed by atoms with van der Waals surface area (Å²) in [5, 5.41) is 17.1. The molecule has 21 heavy (non-hydrogen) atoms. The molecule has 7 nitrogen and oxygen atoms in total. The van der Waals surface area contributed by atoms with Gasteiger partial charge in [-0.05, 0) is 24.6 Å². The van der Waals surface area contributed by atoms with E-state index in [1.165, 1.54) is 0 Å². The van der Waals surface area contributed by atoms with E-state index >= 15 is 0 Å². The first-order chi connectivity index (χ1) is 10.0. The molecule has 0 aliphatic heterocycles. The third kappa shape index (κ3) is 6.73. The molecule has 116 valence electrons. The van der Waals surface area contributed by atoms with Gasteiger partial charge in [-0.3, -0.25) is 4.79 Å². The van der Waals surface area contributed by atoms with Crippen molar-refractivity contribution < 1.29 is 19.4 Å². The fourth-order valence-corrected chi connectivity index (χ4v) is 1.57. The Hall–Kier alpha value is -2.12. The molecule has 1 atom stereocenters. The molecule has 0 aliphatic carbocycles. The monoisotopic (exact) mass is 295 g/mol. The molecule has 0 saturated heterocycles. The summed E-state index contributed by atoms with van der Waals surface area (Å²) in [6.07, 6.45) is -0.610. The van der Waals surface area contributed by atoms with Crippen molar-refractivity contribution in [2.75, 3.05) is 32.1 Å². The van der Waals surface area contributed by atoms with Crippen LogP contribution in [-0.2, 0) is 9.53 Å². The lowest BCUT2D eigenvalue weighted by Gasteiger charge is -2.10. The second-order valence-electron chi connectivity index (χ2n) is 4.45. The third-order valence-electron chi connectivity index (χ3n) is 2.66. The van der Waals surface area contributed by atoms with Gasteiger partial charge in [0, 0.05) is 19.3 Å². The van der Waals surface area contributed by atoms with Crippen LogP contribution in [0.5, 0.6) is 0 Å². The minimum atomic E-state index is -0.610. The summed E-state index contributed by atoms with van der Waals surface area (Å²) >= 11 is 0. The molecule has 7 heteroatoms. The van der Waals surface area contributed by atoms with Gasteiger partial charge in [-0.15, -0.1) is 0 Å². The van der Waals surface area contributed by atoms with E-state index in [0.29, 0.717) is 24.4 Å². The first-order valence-corrected chi connectivity index (χ1v) is 6.61. The van der Waals surface area contributed by atoms with Gasteiger partial charge in [0.15, 0.2) is 0 Å². The van der Waals surface area contributed by atoms with Crippen LogP contribution in [0.1, 0.15) is 18.6 Å². The minimum Gasteiger partial charge on any atom is -0.389 e. The lowest BCUT2D eigenvalue weighted by Crippen LogP contribution is -2.39. The largest absolute Gasteiger partial charge is 0.389 e. The van der Waals surface area contributed by atoms with Gasteiger partial charge in [0.25, 0.3) is 0 Å². The molecule has 4 N–H and O–H groups in total. The molecule has 0 aliphatic rings. The van der Waals surface area contributed by atoms with Crippen molar-refractivity contribution in [2.24, 2.45) is 0 Å². The Morgan fingerprint density at radius 2 is 2.10 bits per heavy atom. The highest BCUT2D eigenvalue weighted by atomic mass is 16.5. The van der Waals surface area contributed by atoms with E-state index in [1.807, 2.05) is 0 Å². The number of aliphatic hydroxyl groups is 1. The first-order valence-electron chi connectivity index (χ1n) is 6.61. The first kappa shape index (κ1) is 16.9. The fourth-order valence-electron chi connectivity index (χ4n) is 1.57. The second-order valence-corrected chi connectivity index (χ2v) is 4.45. The van der Waals surface area contributed by atoms with Crippen molar-refractivity contribution in [2.45, 2.75) is 13.0 Å². The molecular weight excluding hydrogens is 274 g/mol. The predicted molar refractivity (Wildman–Crippen MR) is 79.0 cm³/mol. The lowest BCUT2D eigenvalue weighted by molar-refractivity contribution is -0.120. The van der Waals surface area contributed by atoms with Gasteiger partial charge in [-0.1, -0.05) is 12.1 Å². The summed E-state index contributed by atoms with van der Waals surface area (Å²) in [6.45, 7) is 2.34. The number of amides is 3. The van der Waals surface area contributed by atoms with Crippen LogP contribution in [0, 0.1) is 0 Å². The third-order valence-corrected chi connectivity index (χ3v) is 2.66. The van der Waals surface area contributed by atoms with Crippen molar-refractivity contribution in [1.29, 1.82) is 0 Å². The number of anilines is 1. The molecule has 1 aromatic rings. The summed E-state index contributed by atoms with van der Waals surface area (Å²) < 4.78 is 4.79. The van der Waals surface area contributed by atoms with Gasteiger partial charge in [0.1, 0.15) is 0 Å². The number of rotatable bonds is 7. The SMILES string of the molecule is COCCNC(=O)CNC(=O)Nc1cccc(C(C)O)c1. The predicted octanol–water partition coefficient (Wildman–Crippen LogP) is 0.624. The second kappa shape index (κ2) is 8.93. The highest BCUT2D eigenvalue weighted by Crippen LogP contribution is 2.16. The van der Waals surface area contributed by atoms with Crippen molar-refractivity contribution in [3.63, 3.8) is 0 Å². The Labute approximate surface area is 123 Å².